The monoisotopic (exact) mass is 223 g/mol. The van der Waals surface area contributed by atoms with Crippen molar-refractivity contribution in [3.8, 4) is 0 Å². The van der Waals surface area contributed by atoms with Gasteiger partial charge in [-0.15, -0.1) is 0 Å². The zero-order chi connectivity index (χ0) is 11.7. The molecule has 0 radical (unpaired) electrons. The number of rotatable bonds is 1. The minimum absolute atomic E-state index is 0.235. The minimum Gasteiger partial charge on any atom is -0.294 e. The average Bonchev–Trinajstić information content (AvgIpc) is 2.40. The fourth-order valence-corrected chi connectivity index (χ4v) is 2.47. The van der Waals surface area contributed by atoms with Crippen molar-refractivity contribution >= 4 is 5.78 Å². The Morgan fingerprint density at radius 1 is 1.00 bits per heavy atom. The molecular weight excluding hydrogens is 210 g/mol. The molecule has 0 saturated heterocycles. The molecule has 1 aromatic heterocycles. The first-order chi connectivity index (χ1) is 8.34. The van der Waals surface area contributed by atoms with Gasteiger partial charge in [-0.25, -0.2) is 0 Å². The molecule has 0 bridgehead atoms. The zero-order valence-corrected chi connectivity index (χ0v) is 9.47. The smallest absolute Gasteiger partial charge is 0.163 e. The molecule has 84 valence electrons. The van der Waals surface area contributed by atoms with Gasteiger partial charge in [0.05, 0.1) is 0 Å². The standard InChI is InChI=1S/C15H13NO/c17-15-10-12(14-7-3-4-8-16-14)9-11-5-1-2-6-13(11)15/h1-8,12H,9-10H2. The van der Waals surface area contributed by atoms with Gasteiger partial charge in [0.1, 0.15) is 0 Å². The molecule has 0 amide bonds. The Hall–Kier alpha value is -1.96. The van der Waals surface area contributed by atoms with Gasteiger partial charge in [-0.1, -0.05) is 30.3 Å². The van der Waals surface area contributed by atoms with Gasteiger partial charge in [0.25, 0.3) is 0 Å². The molecule has 1 atom stereocenters. The number of Topliss-reactive ketones (excluding diaryl/α,β-unsaturated/α-hetero) is 1. The molecule has 2 heteroatoms. The lowest BCUT2D eigenvalue weighted by molar-refractivity contribution is 0.0963. The Balaban J connectivity index is 1.97. The van der Waals surface area contributed by atoms with Crippen LogP contribution < -0.4 is 0 Å². The first-order valence-electron chi connectivity index (χ1n) is 5.86. The summed E-state index contributed by atoms with van der Waals surface area (Å²) in [5, 5.41) is 0. The Kier molecular flexibility index (Phi) is 2.48. The second kappa shape index (κ2) is 4.13. The van der Waals surface area contributed by atoms with Crippen LogP contribution in [0, 0.1) is 0 Å². The van der Waals surface area contributed by atoms with Crippen molar-refractivity contribution in [2.45, 2.75) is 18.8 Å². The SMILES string of the molecule is O=C1CC(c2ccccn2)Cc2ccccc21. The minimum atomic E-state index is 0.235. The number of hydrogen-bond acceptors (Lipinski definition) is 2. The van der Waals surface area contributed by atoms with Crippen molar-refractivity contribution in [3.63, 3.8) is 0 Å². The van der Waals surface area contributed by atoms with E-state index in [1.54, 1.807) is 6.20 Å². The highest BCUT2D eigenvalue weighted by atomic mass is 16.1. The maximum atomic E-state index is 12.0. The van der Waals surface area contributed by atoms with Crippen LogP contribution in [0.2, 0.25) is 0 Å². The van der Waals surface area contributed by atoms with E-state index in [1.165, 1.54) is 0 Å². The summed E-state index contributed by atoms with van der Waals surface area (Å²) in [4.78, 5) is 16.4. The van der Waals surface area contributed by atoms with Gasteiger partial charge in [0, 0.05) is 29.8 Å². The van der Waals surface area contributed by atoms with E-state index < -0.39 is 0 Å². The van der Waals surface area contributed by atoms with E-state index in [-0.39, 0.29) is 11.7 Å². The number of fused-ring (bicyclic) bond motifs is 1. The molecule has 1 heterocycles. The third-order valence-corrected chi connectivity index (χ3v) is 3.32. The maximum Gasteiger partial charge on any atom is 0.163 e. The third kappa shape index (κ3) is 1.86. The highest BCUT2D eigenvalue weighted by Gasteiger charge is 2.26. The molecule has 17 heavy (non-hydrogen) atoms. The quantitative estimate of drug-likeness (QED) is 0.744. The van der Waals surface area contributed by atoms with Crippen LogP contribution in [0.4, 0.5) is 0 Å². The molecule has 1 aliphatic rings. The first kappa shape index (κ1) is 10.2. The summed E-state index contributed by atoms with van der Waals surface area (Å²) in [6.45, 7) is 0. The van der Waals surface area contributed by atoms with Crippen LogP contribution in [0.15, 0.2) is 48.7 Å². The summed E-state index contributed by atoms with van der Waals surface area (Å²) in [7, 11) is 0. The number of ketones is 1. The number of hydrogen-bond donors (Lipinski definition) is 0. The largest absolute Gasteiger partial charge is 0.294 e. The van der Waals surface area contributed by atoms with E-state index in [2.05, 4.69) is 4.98 Å². The summed E-state index contributed by atoms with van der Waals surface area (Å²) >= 11 is 0. The highest BCUT2D eigenvalue weighted by molar-refractivity contribution is 5.99. The van der Waals surface area contributed by atoms with Crippen molar-refractivity contribution in [2.75, 3.05) is 0 Å². The molecular formula is C15H13NO. The lowest BCUT2D eigenvalue weighted by atomic mass is 9.81. The summed E-state index contributed by atoms with van der Waals surface area (Å²) in [5.41, 5.74) is 3.06. The average molecular weight is 223 g/mol. The van der Waals surface area contributed by atoms with E-state index in [0.717, 1.165) is 23.2 Å². The summed E-state index contributed by atoms with van der Waals surface area (Å²) in [6, 6.07) is 13.8. The molecule has 0 fully saturated rings. The van der Waals surface area contributed by atoms with Crippen LogP contribution in [0.3, 0.4) is 0 Å². The fraction of sp³-hybridized carbons (Fsp3) is 0.200. The Morgan fingerprint density at radius 3 is 2.65 bits per heavy atom. The van der Waals surface area contributed by atoms with Gasteiger partial charge < -0.3 is 0 Å². The van der Waals surface area contributed by atoms with Gasteiger partial charge in [-0.2, -0.15) is 0 Å². The van der Waals surface area contributed by atoms with Crippen LogP contribution in [-0.2, 0) is 6.42 Å². The Labute approximate surface area is 100 Å². The molecule has 0 aliphatic heterocycles. The molecule has 3 rings (SSSR count). The second-order valence-electron chi connectivity index (χ2n) is 4.44. The topological polar surface area (TPSA) is 30.0 Å². The Morgan fingerprint density at radius 2 is 1.82 bits per heavy atom. The maximum absolute atomic E-state index is 12.0. The van der Waals surface area contributed by atoms with E-state index in [1.807, 2.05) is 42.5 Å². The number of carbonyl (C=O) groups is 1. The lowest BCUT2D eigenvalue weighted by Gasteiger charge is -2.22. The van der Waals surface area contributed by atoms with E-state index >= 15 is 0 Å². The predicted octanol–water partition coefficient (Wildman–Crippen LogP) is 2.99. The third-order valence-electron chi connectivity index (χ3n) is 3.32. The summed E-state index contributed by atoms with van der Waals surface area (Å²) in [6.07, 6.45) is 3.28. The molecule has 1 unspecified atom stereocenters. The van der Waals surface area contributed by atoms with Crippen molar-refractivity contribution in [2.24, 2.45) is 0 Å². The molecule has 2 aromatic rings. The van der Waals surface area contributed by atoms with E-state index in [0.29, 0.717) is 6.42 Å². The molecule has 2 nitrogen and oxygen atoms in total. The first-order valence-corrected chi connectivity index (χ1v) is 5.86. The van der Waals surface area contributed by atoms with E-state index in [4.69, 9.17) is 0 Å². The Bertz CT molecular complexity index is 548. The van der Waals surface area contributed by atoms with Crippen LogP contribution in [-0.4, -0.2) is 10.8 Å². The van der Waals surface area contributed by atoms with Gasteiger partial charge in [0.15, 0.2) is 5.78 Å². The van der Waals surface area contributed by atoms with Crippen LogP contribution >= 0.6 is 0 Å². The molecule has 0 N–H and O–H groups in total. The number of carbonyl (C=O) groups excluding carboxylic acids is 1. The molecule has 0 saturated carbocycles. The summed E-state index contributed by atoms with van der Waals surface area (Å²) < 4.78 is 0. The number of aromatic nitrogens is 1. The molecule has 1 aliphatic carbocycles. The van der Waals surface area contributed by atoms with Crippen LogP contribution in [0.5, 0.6) is 0 Å². The van der Waals surface area contributed by atoms with Crippen LogP contribution in [0.1, 0.15) is 34.0 Å². The molecule has 0 spiro atoms. The van der Waals surface area contributed by atoms with Crippen molar-refractivity contribution in [3.05, 3.63) is 65.5 Å². The normalized spacial score (nSPS) is 18.8. The number of pyridine rings is 1. The van der Waals surface area contributed by atoms with Gasteiger partial charge >= 0.3 is 0 Å². The van der Waals surface area contributed by atoms with Gasteiger partial charge in [-0.05, 0) is 24.1 Å². The summed E-state index contributed by atoms with van der Waals surface area (Å²) in [5.74, 6) is 0.473. The van der Waals surface area contributed by atoms with Gasteiger partial charge in [-0.3, -0.25) is 9.78 Å². The van der Waals surface area contributed by atoms with E-state index in [9.17, 15) is 4.79 Å². The van der Waals surface area contributed by atoms with Crippen LogP contribution in [0.25, 0.3) is 0 Å². The van der Waals surface area contributed by atoms with Crippen molar-refractivity contribution < 1.29 is 4.79 Å². The fourth-order valence-electron chi connectivity index (χ4n) is 2.47. The molecule has 1 aromatic carbocycles. The van der Waals surface area contributed by atoms with Gasteiger partial charge in [0.2, 0.25) is 0 Å². The van der Waals surface area contributed by atoms with Crippen molar-refractivity contribution in [1.29, 1.82) is 0 Å². The van der Waals surface area contributed by atoms with Crippen molar-refractivity contribution in [1.82, 2.24) is 4.98 Å². The zero-order valence-electron chi connectivity index (χ0n) is 9.47. The highest BCUT2D eigenvalue weighted by Crippen LogP contribution is 2.31. The number of nitrogens with zero attached hydrogens (tertiary/aromatic N) is 1. The number of benzene rings is 1. The lowest BCUT2D eigenvalue weighted by Crippen LogP contribution is -2.19. The second-order valence-corrected chi connectivity index (χ2v) is 4.44. The predicted molar refractivity (Wildman–Crippen MR) is 66.1 cm³/mol.